The lowest BCUT2D eigenvalue weighted by Crippen LogP contribution is -2.52. The molecular formula is C14H28N2O. The maximum Gasteiger partial charge on any atom is 0.0641 e. The van der Waals surface area contributed by atoms with Crippen LogP contribution in [0.15, 0.2) is 0 Å². The van der Waals surface area contributed by atoms with Crippen LogP contribution in [-0.2, 0) is 4.74 Å². The van der Waals surface area contributed by atoms with E-state index >= 15 is 0 Å². The van der Waals surface area contributed by atoms with Crippen molar-refractivity contribution in [3.63, 3.8) is 0 Å². The van der Waals surface area contributed by atoms with Gasteiger partial charge in [0.05, 0.1) is 5.60 Å². The molecule has 100 valence electrons. The first-order chi connectivity index (χ1) is 8.09. The van der Waals surface area contributed by atoms with E-state index in [1.165, 1.54) is 38.9 Å². The number of nitrogens with zero attached hydrogens (tertiary/aromatic N) is 1. The highest BCUT2D eigenvalue weighted by Gasteiger charge is 2.30. The topological polar surface area (TPSA) is 24.5 Å². The zero-order valence-corrected chi connectivity index (χ0v) is 11.7. The molecule has 0 radical (unpaired) electrons. The van der Waals surface area contributed by atoms with Crippen molar-refractivity contribution in [2.45, 2.75) is 64.1 Å². The molecular weight excluding hydrogens is 212 g/mol. The van der Waals surface area contributed by atoms with E-state index in [0.29, 0.717) is 12.1 Å². The number of hydrogen-bond donors (Lipinski definition) is 1. The van der Waals surface area contributed by atoms with Gasteiger partial charge in [-0.3, -0.25) is 0 Å². The Morgan fingerprint density at radius 1 is 1.29 bits per heavy atom. The Labute approximate surface area is 106 Å². The maximum absolute atomic E-state index is 5.78. The number of piperidine rings is 1. The molecule has 3 nitrogen and oxygen atoms in total. The lowest BCUT2D eigenvalue weighted by atomic mass is 9.92. The summed E-state index contributed by atoms with van der Waals surface area (Å²) >= 11 is 0. The standard InChI is InChI=1S/C14H28N2O/c1-4-16-8-5-6-13(11-16)15-12-7-9-17-14(2,3)10-12/h12-13,15H,4-11H2,1-3H3. The van der Waals surface area contributed by atoms with Gasteiger partial charge in [0.1, 0.15) is 0 Å². The largest absolute Gasteiger partial charge is 0.375 e. The summed E-state index contributed by atoms with van der Waals surface area (Å²) in [5.41, 5.74) is 0.0645. The molecule has 0 bridgehead atoms. The molecule has 0 aromatic carbocycles. The molecule has 17 heavy (non-hydrogen) atoms. The van der Waals surface area contributed by atoms with Gasteiger partial charge in [-0.2, -0.15) is 0 Å². The lowest BCUT2D eigenvalue weighted by Gasteiger charge is -2.40. The number of rotatable bonds is 3. The van der Waals surface area contributed by atoms with Gasteiger partial charge in [0.15, 0.2) is 0 Å². The molecule has 0 aromatic heterocycles. The van der Waals surface area contributed by atoms with E-state index in [2.05, 4.69) is 31.0 Å². The average molecular weight is 240 g/mol. The molecule has 2 unspecified atom stereocenters. The third kappa shape index (κ3) is 3.94. The number of likely N-dealkylation sites (N-methyl/N-ethyl adjacent to an activating group) is 1. The molecule has 0 aromatic rings. The normalized spacial score (nSPS) is 34.8. The summed E-state index contributed by atoms with van der Waals surface area (Å²) in [4.78, 5) is 2.56. The van der Waals surface area contributed by atoms with Gasteiger partial charge >= 0.3 is 0 Å². The second-order valence-electron chi connectivity index (χ2n) is 6.20. The molecule has 2 aliphatic heterocycles. The predicted molar refractivity (Wildman–Crippen MR) is 71.3 cm³/mol. The van der Waals surface area contributed by atoms with Crippen LogP contribution in [0.25, 0.3) is 0 Å². The van der Waals surface area contributed by atoms with Crippen molar-refractivity contribution in [2.24, 2.45) is 0 Å². The third-order valence-electron chi connectivity index (χ3n) is 4.12. The van der Waals surface area contributed by atoms with Gasteiger partial charge in [0, 0.05) is 25.2 Å². The summed E-state index contributed by atoms with van der Waals surface area (Å²) in [5, 5.41) is 3.86. The van der Waals surface area contributed by atoms with Crippen LogP contribution in [0, 0.1) is 0 Å². The molecule has 2 rings (SSSR count). The van der Waals surface area contributed by atoms with E-state index in [0.717, 1.165) is 13.0 Å². The van der Waals surface area contributed by atoms with Crippen LogP contribution < -0.4 is 5.32 Å². The molecule has 2 atom stereocenters. The highest BCUT2D eigenvalue weighted by Crippen LogP contribution is 2.25. The van der Waals surface area contributed by atoms with E-state index in [1.807, 2.05) is 0 Å². The molecule has 0 spiro atoms. The van der Waals surface area contributed by atoms with Crippen LogP contribution in [0.3, 0.4) is 0 Å². The molecule has 2 saturated heterocycles. The number of likely N-dealkylation sites (tertiary alicyclic amines) is 1. The second kappa shape index (κ2) is 5.68. The fraction of sp³-hybridized carbons (Fsp3) is 1.00. The Balaban J connectivity index is 1.80. The van der Waals surface area contributed by atoms with E-state index in [1.54, 1.807) is 0 Å². The van der Waals surface area contributed by atoms with Gasteiger partial charge in [0.2, 0.25) is 0 Å². The second-order valence-corrected chi connectivity index (χ2v) is 6.20. The smallest absolute Gasteiger partial charge is 0.0641 e. The maximum atomic E-state index is 5.78. The molecule has 2 heterocycles. The van der Waals surface area contributed by atoms with Gasteiger partial charge < -0.3 is 15.0 Å². The number of hydrogen-bond acceptors (Lipinski definition) is 3. The van der Waals surface area contributed by atoms with Crippen molar-refractivity contribution in [1.29, 1.82) is 0 Å². The number of nitrogens with one attached hydrogen (secondary N) is 1. The van der Waals surface area contributed by atoms with Crippen molar-refractivity contribution in [2.75, 3.05) is 26.2 Å². The van der Waals surface area contributed by atoms with Gasteiger partial charge in [-0.15, -0.1) is 0 Å². The van der Waals surface area contributed by atoms with E-state index in [4.69, 9.17) is 4.74 Å². The van der Waals surface area contributed by atoms with Gasteiger partial charge in [0.25, 0.3) is 0 Å². The molecule has 3 heteroatoms. The SMILES string of the molecule is CCN1CCCC(NC2CCOC(C)(C)C2)C1. The lowest BCUT2D eigenvalue weighted by molar-refractivity contribution is -0.0650. The van der Waals surface area contributed by atoms with Crippen LogP contribution in [0.1, 0.15) is 46.5 Å². The van der Waals surface area contributed by atoms with Crippen molar-refractivity contribution in [3.05, 3.63) is 0 Å². The van der Waals surface area contributed by atoms with Crippen LogP contribution in [0.5, 0.6) is 0 Å². The summed E-state index contributed by atoms with van der Waals surface area (Å²) < 4.78 is 5.78. The molecule has 0 saturated carbocycles. The van der Waals surface area contributed by atoms with E-state index in [-0.39, 0.29) is 5.60 Å². The Bertz CT molecular complexity index is 242. The zero-order valence-electron chi connectivity index (χ0n) is 11.7. The van der Waals surface area contributed by atoms with Crippen molar-refractivity contribution in [1.82, 2.24) is 10.2 Å². The molecule has 2 fully saturated rings. The minimum Gasteiger partial charge on any atom is -0.375 e. The van der Waals surface area contributed by atoms with Crippen LogP contribution in [-0.4, -0.2) is 48.8 Å². The predicted octanol–water partition coefficient (Wildman–Crippen LogP) is 2.02. The third-order valence-corrected chi connectivity index (χ3v) is 4.12. The first-order valence-electron chi connectivity index (χ1n) is 7.21. The van der Waals surface area contributed by atoms with Crippen molar-refractivity contribution < 1.29 is 4.74 Å². The fourth-order valence-corrected chi connectivity index (χ4v) is 3.19. The Morgan fingerprint density at radius 3 is 2.82 bits per heavy atom. The van der Waals surface area contributed by atoms with Crippen LogP contribution in [0.4, 0.5) is 0 Å². The first-order valence-corrected chi connectivity index (χ1v) is 7.21. The van der Waals surface area contributed by atoms with Gasteiger partial charge in [-0.05, 0) is 52.6 Å². The molecule has 0 aliphatic carbocycles. The zero-order chi connectivity index (χ0) is 12.3. The molecule has 2 aliphatic rings. The number of ether oxygens (including phenoxy) is 1. The van der Waals surface area contributed by atoms with Gasteiger partial charge in [-0.25, -0.2) is 0 Å². The van der Waals surface area contributed by atoms with E-state index in [9.17, 15) is 0 Å². The van der Waals surface area contributed by atoms with Crippen molar-refractivity contribution >= 4 is 0 Å². The highest BCUT2D eigenvalue weighted by molar-refractivity contribution is 4.87. The average Bonchev–Trinajstić information content (AvgIpc) is 2.28. The fourth-order valence-electron chi connectivity index (χ4n) is 3.19. The molecule has 1 N–H and O–H groups in total. The summed E-state index contributed by atoms with van der Waals surface area (Å²) in [7, 11) is 0. The monoisotopic (exact) mass is 240 g/mol. The van der Waals surface area contributed by atoms with Gasteiger partial charge in [-0.1, -0.05) is 6.92 Å². The van der Waals surface area contributed by atoms with E-state index < -0.39 is 0 Å². The first kappa shape index (κ1) is 13.3. The van der Waals surface area contributed by atoms with Crippen LogP contribution in [0.2, 0.25) is 0 Å². The Morgan fingerprint density at radius 2 is 2.12 bits per heavy atom. The summed E-state index contributed by atoms with van der Waals surface area (Å²) in [6.07, 6.45) is 5.01. The minimum absolute atomic E-state index is 0.0645. The summed E-state index contributed by atoms with van der Waals surface area (Å²) in [6.45, 7) is 11.3. The van der Waals surface area contributed by atoms with Crippen LogP contribution >= 0.6 is 0 Å². The Kier molecular flexibility index (Phi) is 4.45. The Hall–Kier alpha value is -0.120. The summed E-state index contributed by atoms with van der Waals surface area (Å²) in [5.74, 6) is 0. The summed E-state index contributed by atoms with van der Waals surface area (Å²) in [6, 6.07) is 1.35. The quantitative estimate of drug-likeness (QED) is 0.817. The van der Waals surface area contributed by atoms with Crippen molar-refractivity contribution in [3.8, 4) is 0 Å². The highest BCUT2D eigenvalue weighted by atomic mass is 16.5. The molecule has 0 amide bonds. The minimum atomic E-state index is 0.0645.